The molecule has 0 aliphatic rings. The third kappa shape index (κ3) is 3.71. The van der Waals surface area contributed by atoms with E-state index >= 15 is 0 Å². The first kappa shape index (κ1) is 21.2. The number of nitrogens with two attached hydrogens (primary N) is 1. The van der Waals surface area contributed by atoms with Gasteiger partial charge in [-0.3, -0.25) is 4.57 Å². The van der Waals surface area contributed by atoms with Gasteiger partial charge in [0.25, 0.3) is 0 Å². The quantitative estimate of drug-likeness (QED) is 0.456. The summed E-state index contributed by atoms with van der Waals surface area (Å²) in [6.07, 6.45) is 4.16. The number of hydrogen-bond acceptors (Lipinski definition) is 6. The number of imidazole rings is 1. The Labute approximate surface area is 186 Å². The zero-order chi connectivity index (χ0) is 22.7. The summed E-state index contributed by atoms with van der Waals surface area (Å²) in [5, 5.41) is 4.16. The molecule has 0 bridgehead atoms. The third-order valence-corrected chi connectivity index (χ3v) is 5.13. The lowest BCUT2D eigenvalue weighted by molar-refractivity contribution is 0.772. The van der Waals surface area contributed by atoms with Gasteiger partial charge in [0.2, 0.25) is 0 Å². The van der Waals surface area contributed by atoms with E-state index in [1.807, 2.05) is 49.7 Å². The van der Waals surface area contributed by atoms with Gasteiger partial charge in [-0.05, 0) is 48.4 Å². The molecule has 0 saturated carbocycles. The van der Waals surface area contributed by atoms with Gasteiger partial charge in [-0.15, -0.1) is 0 Å². The monoisotopic (exact) mass is 426 g/mol. The van der Waals surface area contributed by atoms with Crippen LogP contribution in [0.2, 0.25) is 0 Å². The normalized spacial score (nSPS) is 10.8. The molecule has 0 fully saturated rings. The van der Waals surface area contributed by atoms with E-state index in [0.717, 1.165) is 34.5 Å². The van der Waals surface area contributed by atoms with Crippen LogP contribution < -0.4 is 5.73 Å². The van der Waals surface area contributed by atoms with Crippen LogP contribution in [0.4, 0.5) is 5.82 Å². The van der Waals surface area contributed by atoms with E-state index in [2.05, 4.69) is 46.3 Å². The zero-order valence-corrected chi connectivity index (χ0v) is 18.7. The topological polar surface area (TPSA) is 100 Å². The number of hydrogen-bond donors (Lipinski definition) is 1. The number of benzene rings is 1. The van der Waals surface area contributed by atoms with Crippen molar-refractivity contribution in [3.05, 3.63) is 66.6 Å². The van der Waals surface area contributed by atoms with Crippen molar-refractivity contribution < 1.29 is 0 Å². The maximum Gasteiger partial charge on any atom is 0.176 e. The van der Waals surface area contributed by atoms with E-state index in [-0.39, 0.29) is 0 Å². The van der Waals surface area contributed by atoms with Gasteiger partial charge in [-0.25, -0.2) is 24.6 Å². The number of rotatable bonds is 4. The predicted octanol–water partition coefficient (Wildman–Crippen LogP) is 4.45. The summed E-state index contributed by atoms with van der Waals surface area (Å²) in [4.78, 5) is 18.3. The lowest BCUT2D eigenvalue weighted by Crippen LogP contribution is -2.03. The second kappa shape index (κ2) is 8.97. The highest BCUT2D eigenvalue weighted by Crippen LogP contribution is 2.31. The van der Waals surface area contributed by atoms with Crippen molar-refractivity contribution >= 4 is 17.0 Å². The van der Waals surface area contributed by atoms with E-state index in [1.54, 1.807) is 10.9 Å². The van der Waals surface area contributed by atoms with Gasteiger partial charge in [-0.2, -0.15) is 5.10 Å². The molecule has 0 radical (unpaired) electrons. The standard InChI is InChI=1S/C22H20N8.C2H6/c1-3-14-6-8-15(9-7-14)30-20(16-5-4-12-24-19(16)23)27-18-11-10-17(28-22(18)30)21-25-13-26-29(21)2;1-2/h4-13H,3H2,1-2H3,(H2,23,24);1-2H3. The summed E-state index contributed by atoms with van der Waals surface area (Å²) in [6.45, 7) is 6.14. The fraction of sp³-hybridized carbons (Fsp3) is 0.208. The molecule has 0 amide bonds. The van der Waals surface area contributed by atoms with Crippen LogP contribution in [-0.2, 0) is 13.5 Å². The second-order valence-corrected chi connectivity index (χ2v) is 6.97. The first-order valence-electron chi connectivity index (χ1n) is 10.7. The molecule has 8 heteroatoms. The van der Waals surface area contributed by atoms with Crippen LogP contribution in [0.5, 0.6) is 0 Å². The van der Waals surface area contributed by atoms with Crippen LogP contribution in [0.15, 0.2) is 61.1 Å². The molecule has 0 aliphatic heterocycles. The van der Waals surface area contributed by atoms with Gasteiger partial charge in [0.05, 0.1) is 5.56 Å². The number of fused-ring (bicyclic) bond motifs is 1. The van der Waals surface area contributed by atoms with Crippen molar-refractivity contribution in [3.8, 4) is 28.6 Å². The molecule has 2 N–H and O–H groups in total. The van der Waals surface area contributed by atoms with Crippen LogP contribution in [0.3, 0.4) is 0 Å². The summed E-state index contributed by atoms with van der Waals surface area (Å²) in [5.41, 5.74) is 11.4. The summed E-state index contributed by atoms with van der Waals surface area (Å²) in [7, 11) is 1.84. The minimum atomic E-state index is 0.424. The average Bonchev–Trinajstić information content (AvgIpc) is 3.43. The van der Waals surface area contributed by atoms with Crippen LogP contribution >= 0.6 is 0 Å². The molecule has 0 unspecified atom stereocenters. The average molecular weight is 427 g/mol. The summed E-state index contributed by atoms with van der Waals surface area (Å²) in [5.74, 6) is 1.81. The second-order valence-electron chi connectivity index (χ2n) is 6.97. The Morgan fingerprint density at radius 1 is 0.906 bits per heavy atom. The number of nitrogen functional groups attached to an aromatic ring is 1. The highest BCUT2D eigenvalue weighted by molar-refractivity contribution is 5.84. The molecular weight excluding hydrogens is 400 g/mol. The van der Waals surface area contributed by atoms with Crippen LogP contribution in [0.1, 0.15) is 26.3 Å². The lowest BCUT2D eigenvalue weighted by Gasteiger charge is -2.11. The highest BCUT2D eigenvalue weighted by atomic mass is 15.3. The van der Waals surface area contributed by atoms with E-state index in [9.17, 15) is 0 Å². The van der Waals surface area contributed by atoms with Crippen LogP contribution in [0, 0.1) is 0 Å². The number of pyridine rings is 2. The molecule has 0 spiro atoms. The molecule has 5 aromatic rings. The molecule has 4 heterocycles. The maximum absolute atomic E-state index is 6.19. The van der Waals surface area contributed by atoms with E-state index in [0.29, 0.717) is 17.5 Å². The summed E-state index contributed by atoms with van der Waals surface area (Å²) < 4.78 is 3.72. The molecule has 1 aromatic carbocycles. The minimum Gasteiger partial charge on any atom is -0.383 e. The predicted molar refractivity (Wildman–Crippen MR) is 127 cm³/mol. The zero-order valence-electron chi connectivity index (χ0n) is 18.7. The van der Waals surface area contributed by atoms with E-state index < -0.39 is 0 Å². The number of aromatic nitrogens is 7. The Morgan fingerprint density at radius 3 is 2.34 bits per heavy atom. The Hall–Kier alpha value is -4.07. The van der Waals surface area contributed by atoms with Crippen molar-refractivity contribution in [2.24, 2.45) is 7.05 Å². The SMILES string of the molecule is CC.CCc1ccc(-n2c(-c3cccnc3N)nc3ccc(-c4ncnn4C)nc32)cc1. The number of aryl methyl sites for hydroxylation is 2. The minimum absolute atomic E-state index is 0.424. The fourth-order valence-electron chi connectivity index (χ4n) is 3.52. The van der Waals surface area contributed by atoms with Gasteiger partial charge in [0, 0.05) is 18.9 Å². The van der Waals surface area contributed by atoms with E-state index in [4.69, 9.17) is 15.7 Å². The smallest absolute Gasteiger partial charge is 0.176 e. The lowest BCUT2D eigenvalue weighted by atomic mass is 10.1. The Kier molecular flexibility index (Phi) is 5.93. The van der Waals surface area contributed by atoms with Gasteiger partial charge in [0.15, 0.2) is 17.3 Å². The Bertz CT molecular complexity index is 1350. The largest absolute Gasteiger partial charge is 0.383 e. The van der Waals surface area contributed by atoms with Crippen molar-refractivity contribution in [2.45, 2.75) is 27.2 Å². The van der Waals surface area contributed by atoms with Gasteiger partial charge >= 0.3 is 0 Å². The molecular formula is C24H26N8. The maximum atomic E-state index is 6.19. The van der Waals surface area contributed by atoms with Crippen molar-refractivity contribution in [1.29, 1.82) is 0 Å². The third-order valence-electron chi connectivity index (χ3n) is 5.13. The first-order chi connectivity index (χ1) is 15.7. The van der Waals surface area contributed by atoms with Crippen molar-refractivity contribution in [1.82, 2.24) is 34.3 Å². The van der Waals surface area contributed by atoms with Crippen molar-refractivity contribution in [2.75, 3.05) is 5.73 Å². The highest BCUT2D eigenvalue weighted by Gasteiger charge is 2.19. The molecule has 0 atom stereocenters. The van der Waals surface area contributed by atoms with Crippen LogP contribution in [-0.4, -0.2) is 34.3 Å². The van der Waals surface area contributed by atoms with Crippen LogP contribution in [0.25, 0.3) is 39.8 Å². The van der Waals surface area contributed by atoms with Gasteiger partial charge in [-0.1, -0.05) is 32.9 Å². The van der Waals surface area contributed by atoms with Gasteiger partial charge in [0.1, 0.15) is 23.4 Å². The van der Waals surface area contributed by atoms with Crippen molar-refractivity contribution in [3.63, 3.8) is 0 Å². The number of anilines is 1. The molecule has 5 rings (SSSR count). The molecule has 4 aromatic heterocycles. The molecule has 32 heavy (non-hydrogen) atoms. The molecule has 0 saturated heterocycles. The van der Waals surface area contributed by atoms with E-state index in [1.165, 1.54) is 11.9 Å². The molecule has 0 aliphatic carbocycles. The Morgan fingerprint density at radius 2 is 1.69 bits per heavy atom. The van der Waals surface area contributed by atoms with Gasteiger partial charge < -0.3 is 5.73 Å². The Balaban J connectivity index is 0.00000119. The molecule has 8 nitrogen and oxygen atoms in total. The fourth-order valence-corrected chi connectivity index (χ4v) is 3.52. The summed E-state index contributed by atoms with van der Waals surface area (Å²) >= 11 is 0. The number of nitrogens with zero attached hydrogens (tertiary/aromatic N) is 7. The molecule has 162 valence electrons. The first-order valence-corrected chi connectivity index (χ1v) is 10.7. The summed E-state index contributed by atoms with van der Waals surface area (Å²) in [6, 6.07) is 16.0.